The fourth-order valence-corrected chi connectivity index (χ4v) is 3.50. The zero-order valence-corrected chi connectivity index (χ0v) is 15.3. The molecule has 1 N–H and O–H groups in total. The summed E-state index contributed by atoms with van der Waals surface area (Å²) in [6.07, 6.45) is 3.46. The van der Waals surface area contributed by atoms with Crippen molar-refractivity contribution in [3.8, 4) is 0 Å². The molecule has 0 saturated carbocycles. The number of nitrogens with one attached hydrogen (secondary N) is 1. The van der Waals surface area contributed by atoms with Crippen LogP contribution >= 0.6 is 11.3 Å². The molecule has 0 aliphatic rings. The van der Waals surface area contributed by atoms with Crippen molar-refractivity contribution in [3.05, 3.63) is 51.7 Å². The van der Waals surface area contributed by atoms with Gasteiger partial charge in [-0.2, -0.15) is 0 Å². The van der Waals surface area contributed by atoms with Crippen LogP contribution in [0.15, 0.2) is 29.6 Å². The lowest BCUT2D eigenvalue weighted by Crippen LogP contribution is -2.32. The molecule has 126 valence electrons. The molecule has 0 bridgehead atoms. The third-order valence-electron chi connectivity index (χ3n) is 3.90. The molecular formula is C19H27FN2S. The molecule has 0 amide bonds. The first-order valence-corrected chi connectivity index (χ1v) is 9.20. The normalized spacial score (nSPS) is 13.3. The standard InChI is InChI=1S/C19H27FN2S/c1-5-6-7-17-22-16(13-23-17)12-21-18(19(2,3)4)14-8-10-15(20)11-9-14/h8-11,13,18,21H,5-7,12H2,1-4H3. The molecule has 2 rings (SSSR count). The second kappa shape index (κ2) is 8.02. The predicted molar refractivity (Wildman–Crippen MR) is 96.2 cm³/mol. The Hall–Kier alpha value is -1.26. The Bertz CT molecular complexity index is 599. The van der Waals surface area contributed by atoms with Gasteiger partial charge < -0.3 is 5.32 Å². The number of nitrogens with zero attached hydrogens (tertiary/aromatic N) is 1. The molecule has 0 aliphatic heterocycles. The highest BCUT2D eigenvalue weighted by Gasteiger charge is 2.26. The number of benzene rings is 1. The Morgan fingerprint density at radius 2 is 1.91 bits per heavy atom. The first kappa shape index (κ1) is 18.1. The summed E-state index contributed by atoms with van der Waals surface area (Å²) in [5.41, 5.74) is 2.25. The van der Waals surface area contributed by atoms with Gasteiger partial charge in [0.2, 0.25) is 0 Å². The van der Waals surface area contributed by atoms with Crippen molar-refractivity contribution in [2.24, 2.45) is 5.41 Å². The van der Waals surface area contributed by atoms with Gasteiger partial charge in [-0.3, -0.25) is 0 Å². The average Bonchev–Trinajstić information content (AvgIpc) is 2.94. The number of halogens is 1. The zero-order valence-electron chi connectivity index (χ0n) is 14.5. The lowest BCUT2D eigenvalue weighted by atomic mass is 9.82. The summed E-state index contributed by atoms with van der Waals surface area (Å²) in [5.74, 6) is -0.193. The van der Waals surface area contributed by atoms with E-state index in [1.165, 1.54) is 30.0 Å². The van der Waals surface area contributed by atoms with Crippen LogP contribution in [0.25, 0.3) is 0 Å². The van der Waals surface area contributed by atoms with Gasteiger partial charge in [-0.15, -0.1) is 11.3 Å². The Labute approximate surface area is 143 Å². The highest BCUT2D eigenvalue weighted by molar-refractivity contribution is 7.09. The molecule has 0 saturated heterocycles. The molecule has 2 nitrogen and oxygen atoms in total. The van der Waals surface area contributed by atoms with Crippen molar-refractivity contribution in [2.75, 3.05) is 0 Å². The van der Waals surface area contributed by atoms with Crippen molar-refractivity contribution >= 4 is 11.3 Å². The zero-order chi connectivity index (χ0) is 16.9. The molecule has 2 aromatic rings. The van der Waals surface area contributed by atoms with E-state index in [0.717, 1.165) is 24.2 Å². The fourth-order valence-electron chi connectivity index (χ4n) is 2.66. The van der Waals surface area contributed by atoms with Gasteiger partial charge in [0.05, 0.1) is 10.7 Å². The number of hydrogen-bond donors (Lipinski definition) is 1. The number of aromatic nitrogens is 1. The van der Waals surface area contributed by atoms with Crippen LogP contribution in [0.5, 0.6) is 0 Å². The maximum atomic E-state index is 13.2. The van der Waals surface area contributed by atoms with Gasteiger partial charge in [-0.1, -0.05) is 46.2 Å². The van der Waals surface area contributed by atoms with E-state index in [-0.39, 0.29) is 17.3 Å². The molecule has 4 heteroatoms. The highest BCUT2D eigenvalue weighted by atomic mass is 32.1. The first-order valence-electron chi connectivity index (χ1n) is 8.32. The lowest BCUT2D eigenvalue weighted by Gasteiger charge is -2.32. The Morgan fingerprint density at radius 3 is 2.52 bits per heavy atom. The predicted octanol–water partition coefficient (Wildman–Crippen LogP) is 5.50. The molecule has 0 radical (unpaired) electrons. The van der Waals surface area contributed by atoms with Crippen molar-refractivity contribution in [3.63, 3.8) is 0 Å². The minimum Gasteiger partial charge on any atom is -0.304 e. The van der Waals surface area contributed by atoms with Crippen LogP contribution in [-0.2, 0) is 13.0 Å². The summed E-state index contributed by atoms with van der Waals surface area (Å²) in [7, 11) is 0. The molecule has 0 fully saturated rings. The number of thiazole rings is 1. The first-order chi connectivity index (χ1) is 10.9. The van der Waals surface area contributed by atoms with E-state index in [9.17, 15) is 4.39 Å². The van der Waals surface area contributed by atoms with Crippen molar-refractivity contribution in [1.29, 1.82) is 0 Å². The summed E-state index contributed by atoms with van der Waals surface area (Å²) >= 11 is 1.75. The van der Waals surface area contributed by atoms with Crippen LogP contribution < -0.4 is 5.32 Å². The van der Waals surface area contributed by atoms with E-state index in [2.05, 4.69) is 38.4 Å². The van der Waals surface area contributed by atoms with Gasteiger partial charge in [0.25, 0.3) is 0 Å². The highest BCUT2D eigenvalue weighted by Crippen LogP contribution is 2.33. The van der Waals surface area contributed by atoms with Crippen LogP contribution in [0, 0.1) is 11.2 Å². The molecule has 23 heavy (non-hydrogen) atoms. The summed E-state index contributed by atoms with van der Waals surface area (Å²) in [5, 5.41) is 6.96. The summed E-state index contributed by atoms with van der Waals surface area (Å²) < 4.78 is 13.2. The van der Waals surface area contributed by atoms with E-state index in [1.807, 2.05) is 12.1 Å². The minimum absolute atomic E-state index is 0.0406. The SMILES string of the molecule is CCCCc1nc(CNC(c2ccc(F)cc2)C(C)(C)C)cs1. The molecule has 1 aromatic heterocycles. The van der Waals surface area contributed by atoms with Gasteiger partial charge >= 0.3 is 0 Å². The molecular weight excluding hydrogens is 307 g/mol. The van der Waals surface area contributed by atoms with E-state index >= 15 is 0 Å². The van der Waals surface area contributed by atoms with E-state index in [0.29, 0.717) is 0 Å². The molecule has 0 aliphatic carbocycles. The smallest absolute Gasteiger partial charge is 0.123 e. The number of aryl methyl sites for hydroxylation is 1. The molecule has 0 spiro atoms. The van der Waals surface area contributed by atoms with Crippen molar-refractivity contribution < 1.29 is 4.39 Å². The van der Waals surface area contributed by atoms with Crippen LogP contribution in [0.1, 0.15) is 62.8 Å². The molecule has 1 heterocycles. The van der Waals surface area contributed by atoms with E-state index < -0.39 is 0 Å². The van der Waals surface area contributed by atoms with Gasteiger partial charge in [0.15, 0.2) is 0 Å². The van der Waals surface area contributed by atoms with Gasteiger partial charge in [-0.25, -0.2) is 9.37 Å². The molecule has 1 unspecified atom stereocenters. The largest absolute Gasteiger partial charge is 0.304 e. The minimum atomic E-state index is -0.193. The topological polar surface area (TPSA) is 24.9 Å². The Morgan fingerprint density at radius 1 is 1.22 bits per heavy atom. The lowest BCUT2D eigenvalue weighted by molar-refractivity contribution is 0.270. The number of hydrogen-bond acceptors (Lipinski definition) is 3. The average molecular weight is 335 g/mol. The Kier molecular flexibility index (Phi) is 6.31. The van der Waals surface area contributed by atoms with Crippen LogP contribution in [0.2, 0.25) is 0 Å². The van der Waals surface area contributed by atoms with Crippen LogP contribution in [-0.4, -0.2) is 4.98 Å². The van der Waals surface area contributed by atoms with E-state index in [1.54, 1.807) is 11.3 Å². The fraction of sp³-hybridized carbons (Fsp3) is 0.526. The van der Waals surface area contributed by atoms with Gasteiger partial charge in [-0.05, 0) is 36.0 Å². The van der Waals surface area contributed by atoms with Crippen molar-refractivity contribution in [2.45, 2.75) is 59.5 Å². The second-order valence-corrected chi connectivity index (χ2v) is 8.01. The van der Waals surface area contributed by atoms with E-state index in [4.69, 9.17) is 4.98 Å². The second-order valence-electron chi connectivity index (χ2n) is 7.07. The quantitative estimate of drug-likeness (QED) is 0.723. The molecule has 1 atom stereocenters. The number of rotatable bonds is 7. The monoisotopic (exact) mass is 334 g/mol. The maximum absolute atomic E-state index is 13.2. The third kappa shape index (κ3) is 5.40. The summed E-state index contributed by atoms with van der Waals surface area (Å²) in [6, 6.07) is 6.95. The summed E-state index contributed by atoms with van der Waals surface area (Å²) in [6.45, 7) is 9.53. The Balaban J connectivity index is 2.04. The summed E-state index contributed by atoms with van der Waals surface area (Å²) in [4.78, 5) is 4.71. The maximum Gasteiger partial charge on any atom is 0.123 e. The van der Waals surface area contributed by atoms with Gasteiger partial charge in [0.1, 0.15) is 5.82 Å². The van der Waals surface area contributed by atoms with Gasteiger partial charge in [0, 0.05) is 18.0 Å². The third-order valence-corrected chi connectivity index (χ3v) is 4.86. The van der Waals surface area contributed by atoms with Crippen molar-refractivity contribution in [1.82, 2.24) is 10.3 Å². The van der Waals surface area contributed by atoms with Crippen LogP contribution in [0.4, 0.5) is 4.39 Å². The van der Waals surface area contributed by atoms with Crippen LogP contribution in [0.3, 0.4) is 0 Å². The molecule has 1 aromatic carbocycles. The number of unbranched alkanes of at least 4 members (excludes halogenated alkanes) is 1.